The Morgan fingerprint density at radius 3 is 2.09 bits per heavy atom. The van der Waals surface area contributed by atoms with Crippen molar-refractivity contribution in [3.8, 4) is 0 Å². The first-order valence-corrected chi connectivity index (χ1v) is 14.6. The van der Waals surface area contributed by atoms with Crippen LogP contribution < -0.4 is 0 Å². The van der Waals surface area contributed by atoms with Crippen LogP contribution in [0, 0.1) is 17.3 Å². The molecular weight excluding hydrogens is 568 g/mol. The predicted octanol–water partition coefficient (Wildman–Crippen LogP) is 1.29. The van der Waals surface area contributed by atoms with Crippen LogP contribution in [0.4, 0.5) is 0 Å². The molecule has 2 heterocycles. The number of ether oxygens (including phenoxy) is 6. The van der Waals surface area contributed by atoms with Crippen LogP contribution in [0.25, 0.3) is 0 Å². The van der Waals surface area contributed by atoms with Crippen LogP contribution in [-0.4, -0.2) is 94.0 Å². The molecule has 43 heavy (non-hydrogen) atoms. The van der Waals surface area contributed by atoms with Gasteiger partial charge >= 0.3 is 29.8 Å². The number of hydrogen-bond donors (Lipinski definition) is 2. The van der Waals surface area contributed by atoms with E-state index in [0.29, 0.717) is 6.42 Å². The topological polar surface area (TPSA) is 184 Å². The number of fused-ring (bicyclic) bond motifs is 1. The van der Waals surface area contributed by atoms with Gasteiger partial charge in [-0.05, 0) is 37.8 Å². The van der Waals surface area contributed by atoms with Gasteiger partial charge in [0.2, 0.25) is 0 Å². The van der Waals surface area contributed by atoms with E-state index in [-0.39, 0.29) is 18.4 Å². The minimum absolute atomic E-state index is 0.0337. The lowest BCUT2D eigenvalue weighted by molar-refractivity contribution is -0.249. The molecule has 240 valence electrons. The summed E-state index contributed by atoms with van der Waals surface area (Å²) >= 11 is 0. The third-order valence-corrected chi connectivity index (χ3v) is 9.62. The fraction of sp³-hybridized carbons (Fsp3) is 0.767. The third kappa shape index (κ3) is 5.22. The Bertz CT molecular complexity index is 1210. The maximum absolute atomic E-state index is 13.2. The first-order valence-electron chi connectivity index (χ1n) is 14.6. The lowest BCUT2D eigenvalue weighted by Gasteiger charge is -2.57. The average molecular weight is 611 g/mol. The third-order valence-electron chi connectivity index (χ3n) is 9.62. The average Bonchev–Trinajstić information content (AvgIpc) is 3.48. The molecule has 4 aliphatic rings. The summed E-state index contributed by atoms with van der Waals surface area (Å²) in [6, 6.07) is 0. The zero-order valence-electron chi connectivity index (χ0n) is 25.8. The van der Waals surface area contributed by atoms with E-state index in [1.807, 2.05) is 0 Å². The van der Waals surface area contributed by atoms with Crippen LogP contribution in [0.15, 0.2) is 11.6 Å². The van der Waals surface area contributed by atoms with Crippen molar-refractivity contribution in [3.05, 3.63) is 11.6 Å². The summed E-state index contributed by atoms with van der Waals surface area (Å²) in [4.78, 5) is 63.7. The molecule has 2 aliphatic heterocycles. The largest absolute Gasteiger partial charge is 0.462 e. The highest BCUT2D eigenvalue weighted by Gasteiger charge is 2.87. The standard InChI is InChI=1S/C30H42O13/c1-9-10-21(35)42-24-13(2)11-20-30(29(8,43-30)27(37)41-20)25(39-16(5)32)22-14(3)18(34)12-19(38-15(4)31)28(22,7)26(23(24)36)40-17(6)33/h11,14,18-20,22-26,34,36H,9-10,12H2,1-8H3/b13-11-/t14-,18-,19-,20-,22+,23-,24+,25-,26-,28-,29-,30-/m0/s1. The summed E-state index contributed by atoms with van der Waals surface area (Å²) in [6.07, 6.45) is -7.63. The van der Waals surface area contributed by atoms with Crippen molar-refractivity contribution in [1.82, 2.24) is 0 Å². The number of aliphatic hydroxyl groups is 2. The summed E-state index contributed by atoms with van der Waals surface area (Å²) in [5.41, 5.74) is -4.55. The van der Waals surface area contributed by atoms with Gasteiger partial charge in [0, 0.05) is 39.5 Å². The van der Waals surface area contributed by atoms with Crippen LogP contribution in [0.1, 0.15) is 74.7 Å². The Morgan fingerprint density at radius 2 is 1.56 bits per heavy atom. The number of aliphatic hydroxyl groups excluding tert-OH is 2. The zero-order valence-corrected chi connectivity index (χ0v) is 25.8. The van der Waals surface area contributed by atoms with Crippen molar-refractivity contribution < 1.29 is 62.6 Å². The molecule has 4 rings (SSSR count). The summed E-state index contributed by atoms with van der Waals surface area (Å²) in [6.45, 7) is 11.6. The molecule has 0 bridgehead atoms. The number of rotatable bonds is 6. The zero-order chi connectivity index (χ0) is 32.2. The summed E-state index contributed by atoms with van der Waals surface area (Å²) < 4.78 is 35.2. The van der Waals surface area contributed by atoms with Gasteiger partial charge < -0.3 is 38.6 Å². The smallest absolute Gasteiger partial charge is 0.342 e. The molecule has 12 atom stereocenters. The normalized spacial score (nSPS) is 44.7. The fourth-order valence-electron chi connectivity index (χ4n) is 7.54. The Balaban J connectivity index is 2.07. The van der Waals surface area contributed by atoms with E-state index in [4.69, 9.17) is 28.4 Å². The summed E-state index contributed by atoms with van der Waals surface area (Å²) in [5, 5.41) is 23.3. The molecule has 0 amide bonds. The van der Waals surface area contributed by atoms with Crippen molar-refractivity contribution in [2.45, 2.75) is 129 Å². The Kier molecular flexibility index (Phi) is 8.77. The minimum atomic E-state index is -1.73. The Hall–Kier alpha value is -3.03. The predicted molar refractivity (Wildman–Crippen MR) is 145 cm³/mol. The highest BCUT2D eigenvalue weighted by molar-refractivity contribution is 5.89. The van der Waals surface area contributed by atoms with Gasteiger partial charge in [0.25, 0.3) is 0 Å². The highest BCUT2D eigenvalue weighted by Crippen LogP contribution is 2.65. The Morgan fingerprint density at radius 1 is 0.977 bits per heavy atom. The molecule has 2 aliphatic carbocycles. The lowest BCUT2D eigenvalue weighted by Crippen LogP contribution is -2.69. The molecule has 13 heteroatoms. The fourth-order valence-corrected chi connectivity index (χ4v) is 7.54. The molecule has 0 unspecified atom stereocenters. The quantitative estimate of drug-likeness (QED) is 0.190. The Labute approximate surface area is 250 Å². The van der Waals surface area contributed by atoms with E-state index in [1.165, 1.54) is 26.8 Å². The number of esters is 5. The van der Waals surface area contributed by atoms with Crippen molar-refractivity contribution in [3.63, 3.8) is 0 Å². The van der Waals surface area contributed by atoms with Crippen molar-refractivity contribution >= 4 is 29.8 Å². The van der Waals surface area contributed by atoms with Gasteiger partial charge in [-0.25, -0.2) is 4.79 Å². The van der Waals surface area contributed by atoms with Crippen molar-refractivity contribution in [1.29, 1.82) is 0 Å². The first kappa shape index (κ1) is 32.9. The molecule has 1 spiro atoms. The monoisotopic (exact) mass is 610 g/mol. The van der Waals surface area contributed by atoms with Crippen molar-refractivity contribution in [2.75, 3.05) is 0 Å². The molecule has 0 aromatic rings. The number of epoxide rings is 1. The number of hydrogen-bond acceptors (Lipinski definition) is 13. The molecule has 2 saturated heterocycles. The van der Waals surface area contributed by atoms with Gasteiger partial charge in [-0.2, -0.15) is 0 Å². The number of carbonyl (C=O) groups excluding carboxylic acids is 5. The second kappa shape index (κ2) is 11.5. The van der Waals surface area contributed by atoms with Crippen LogP contribution in [0.2, 0.25) is 0 Å². The second-order valence-corrected chi connectivity index (χ2v) is 12.5. The maximum Gasteiger partial charge on any atom is 0.342 e. The van der Waals surface area contributed by atoms with Crippen molar-refractivity contribution in [2.24, 2.45) is 17.3 Å². The molecule has 3 fully saturated rings. The van der Waals surface area contributed by atoms with E-state index in [0.717, 1.165) is 6.92 Å². The summed E-state index contributed by atoms with van der Waals surface area (Å²) in [5.74, 6) is -5.42. The van der Waals surface area contributed by atoms with Gasteiger partial charge in [0.05, 0.1) is 11.5 Å². The molecule has 2 N–H and O–H groups in total. The lowest BCUT2D eigenvalue weighted by atomic mass is 9.52. The molecule has 0 aromatic heterocycles. The van der Waals surface area contributed by atoms with Crippen LogP contribution in [0.5, 0.6) is 0 Å². The van der Waals surface area contributed by atoms with Crippen LogP contribution in [-0.2, 0) is 52.4 Å². The molecule has 13 nitrogen and oxygen atoms in total. The molecule has 0 radical (unpaired) electrons. The van der Waals surface area contributed by atoms with E-state index in [1.54, 1.807) is 27.7 Å². The highest BCUT2D eigenvalue weighted by atomic mass is 16.7. The second-order valence-electron chi connectivity index (χ2n) is 12.5. The van der Waals surface area contributed by atoms with Gasteiger partial charge in [-0.1, -0.05) is 20.8 Å². The molecule has 0 aromatic carbocycles. The van der Waals surface area contributed by atoms with E-state index in [9.17, 15) is 34.2 Å². The van der Waals surface area contributed by atoms with E-state index >= 15 is 0 Å². The van der Waals surface area contributed by atoms with Crippen LogP contribution >= 0.6 is 0 Å². The molecular formula is C30H42O13. The minimum Gasteiger partial charge on any atom is -0.462 e. The maximum atomic E-state index is 13.2. The van der Waals surface area contributed by atoms with E-state index in [2.05, 4.69) is 0 Å². The van der Waals surface area contributed by atoms with E-state index < -0.39 is 101 Å². The SMILES string of the molecule is CCCC(=O)O[C@@H]1/C(C)=C\[C@@H]2OC(=O)[C@]3(C)O[C@]23[C@@H](OC(C)=O)[C@H]2[C@@H](C)[C@@H](O)C[C@H](OC(C)=O)[C@]2(C)[C@@H](OC(C)=O)[C@H]1O. The van der Waals surface area contributed by atoms with Gasteiger partial charge in [-0.3, -0.25) is 19.2 Å². The first-order chi connectivity index (χ1) is 19.9. The number of carbonyl (C=O) groups is 5. The summed E-state index contributed by atoms with van der Waals surface area (Å²) in [7, 11) is 0. The van der Waals surface area contributed by atoms with Crippen LogP contribution in [0.3, 0.4) is 0 Å². The van der Waals surface area contributed by atoms with Gasteiger partial charge in [0.1, 0.15) is 24.4 Å². The van der Waals surface area contributed by atoms with Gasteiger partial charge in [-0.15, -0.1) is 0 Å². The molecule has 1 saturated carbocycles. The van der Waals surface area contributed by atoms with Gasteiger partial charge in [0.15, 0.2) is 23.4 Å².